The first-order valence-electron chi connectivity index (χ1n) is 4.81. The fourth-order valence-corrected chi connectivity index (χ4v) is 1.91. The lowest BCUT2D eigenvalue weighted by molar-refractivity contribution is 0.0360. The van der Waals surface area contributed by atoms with Gasteiger partial charge in [-0.3, -0.25) is 0 Å². The molecule has 3 N–H and O–H groups in total. The number of halogens is 1. The van der Waals surface area contributed by atoms with Crippen LogP contribution >= 0.6 is 11.6 Å². The summed E-state index contributed by atoms with van der Waals surface area (Å²) in [5, 5.41) is 10.8. The van der Waals surface area contributed by atoms with Crippen molar-refractivity contribution >= 4 is 11.6 Å². The second kappa shape index (κ2) is 4.78. The molecule has 0 heterocycles. The zero-order chi connectivity index (χ0) is 10.6. The quantitative estimate of drug-likeness (QED) is 0.806. The molecule has 0 amide bonds. The Kier molecular flexibility index (Phi) is 3.93. The molecule has 1 unspecified atom stereocenters. The van der Waals surface area contributed by atoms with Crippen molar-refractivity contribution in [3.8, 4) is 0 Å². The fraction of sp³-hybridized carbons (Fsp3) is 0.455. The van der Waals surface area contributed by atoms with Gasteiger partial charge in [-0.2, -0.15) is 0 Å². The molecule has 0 bridgehead atoms. The number of hydrogen-bond donors (Lipinski definition) is 2. The summed E-state index contributed by atoms with van der Waals surface area (Å²) in [7, 11) is 0. The maximum Gasteiger partial charge on any atom is 0.103 e. The van der Waals surface area contributed by atoms with E-state index in [1.807, 2.05) is 25.1 Å². The van der Waals surface area contributed by atoms with Crippen molar-refractivity contribution in [3.63, 3.8) is 0 Å². The van der Waals surface area contributed by atoms with E-state index in [1.54, 1.807) is 6.07 Å². The van der Waals surface area contributed by atoms with Gasteiger partial charge in [0.1, 0.15) is 5.60 Å². The molecule has 0 aliphatic carbocycles. The second-order valence-electron chi connectivity index (χ2n) is 3.47. The van der Waals surface area contributed by atoms with E-state index in [1.165, 1.54) is 0 Å². The Morgan fingerprint density at radius 3 is 2.57 bits per heavy atom. The van der Waals surface area contributed by atoms with Crippen molar-refractivity contribution < 1.29 is 5.11 Å². The van der Waals surface area contributed by atoms with Crippen molar-refractivity contribution in [1.29, 1.82) is 0 Å². The van der Waals surface area contributed by atoms with E-state index in [-0.39, 0.29) is 6.54 Å². The van der Waals surface area contributed by atoms with Crippen LogP contribution in [-0.4, -0.2) is 11.7 Å². The first-order valence-corrected chi connectivity index (χ1v) is 5.19. The second-order valence-corrected chi connectivity index (χ2v) is 3.87. The highest BCUT2D eigenvalue weighted by atomic mass is 35.5. The summed E-state index contributed by atoms with van der Waals surface area (Å²) in [6.07, 6.45) is 1.51. The topological polar surface area (TPSA) is 46.2 Å². The van der Waals surface area contributed by atoms with Crippen LogP contribution in [0.25, 0.3) is 0 Å². The minimum Gasteiger partial charge on any atom is -0.384 e. The maximum atomic E-state index is 10.3. The zero-order valence-electron chi connectivity index (χ0n) is 8.33. The predicted molar refractivity (Wildman–Crippen MR) is 59.3 cm³/mol. The highest BCUT2D eigenvalue weighted by molar-refractivity contribution is 6.31. The Bertz CT molecular complexity index is 303. The van der Waals surface area contributed by atoms with Crippen LogP contribution in [0.4, 0.5) is 0 Å². The van der Waals surface area contributed by atoms with Crippen LogP contribution in [0.2, 0.25) is 5.02 Å². The summed E-state index contributed by atoms with van der Waals surface area (Å²) in [5.41, 5.74) is 5.33. The van der Waals surface area contributed by atoms with Crippen molar-refractivity contribution in [3.05, 3.63) is 34.9 Å². The van der Waals surface area contributed by atoms with Gasteiger partial charge in [0.2, 0.25) is 0 Å². The molecule has 0 spiro atoms. The van der Waals surface area contributed by atoms with Gasteiger partial charge in [-0.05, 0) is 12.5 Å². The highest BCUT2D eigenvalue weighted by Gasteiger charge is 2.28. The molecule has 0 saturated carbocycles. The van der Waals surface area contributed by atoms with Gasteiger partial charge in [0.05, 0.1) is 0 Å². The van der Waals surface area contributed by atoms with Gasteiger partial charge in [0.15, 0.2) is 0 Å². The lowest BCUT2D eigenvalue weighted by Gasteiger charge is -2.27. The molecule has 0 aliphatic heterocycles. The van der Waals surface area contributed by atoms with Gasteiger partial charge >= 0.3 is 0 Å². The Balaban J connectivity index is 3.05. The van der Waals surface area contributed by atoms with Crippen molar-refractivity contribution in [2.45, 2.75) is 25.4 Å². The third-order valence-corrected chi connectivity index (χ3v) is 2.71. The van der Waals surface area contributed by atoms with E-state index in [0.29, 0.717) is 11.4 Å². The summed E-state index contributed by atoms with van der Waals surface area (Å²) in [6, 6.07) is 7.30. The van der Waals surface area contributed by atoms with Crippen LogP contribution in [0.15, 0.2) is 24.3 Å². The number of rotatable bonds is 4. The Labute approximate surface area is 89.7 Å². The molecule has 3 heteroatoms. The Morgan fingerprint density at radius 2 is 2.07 bits per heavy atom. The minimum absolute atomic E-state index is 0.199. The van der Waals surface area contributed by atoms with Crippen LogP contribution in [0.5, 0.6) is 0 Å². The normalized spacial score (nSPS) is 15.1. The van der Waals surface area contributed by atoms with E-state index >= 15 is 0 Å². The molecule has 0 radical (unpaired) electrons. The predicted octanol–water partition coefficient (Wildman–Crippen LogP) is 2.29. The van der Waals surface area contributed by atoms with E-state index in [9.17, 15) is 5.11 Å². The van der Waals surface area contributed by atoms with Gasteiger partial charge in [-0.1, -0.05) is 43.1 Å². The van der Waals surface area contributed by atoms with Gasteiger partial charge in [0, 0.05) is 17.1 Å². The summed E-state index contributed by atoms with van der Waals surface area (Å²) in [4.78, 5) is 0. The molecular weight excluding hydrogens is 198 g/mol. The molecule has 0 saturated heterocycles. The van der Waals surface area contributed by atoms with Gasteiger partial charge < -0.3 is 10.8 Å². The van der Waals surface area contributed by atoms with Crippen molar-refractivity contribution in [2.75, 3.05) is 6.54 Å². The first kappa shape index (κ1) is 11.5. The largest absolute Gasteiger partial charge is 0.384 e. The Hall–Kier alpha value is -0.570. The summed E-state index contributed by atoms with van der Waals surface area (Å²) in [6.45, 7) is 2.21. The minimum atomic E-state index is -0.979. The summed E-state index contributed by atoms with van der Waals surface area (Å²) >= 11 is 6.01. The van der Waals surface area contributed by atoms with Gasteiger partial charge in [0.25, 0.3) is 0 Å². The van der Waals surface area contributed by atoms with E-state index in [0.717, 1.165) is 12.0 Å². The smallest absolute Gasteiger partial charge is 0.103 e. The van der Waals surface area contributed by atoms with Crippen LogP contribution in [0, 0.1) is 0 Å². The lowest BCUT2D eigenvalue weighted by Crippen LogP contribution is -2.35. The van der Waals surface area contributed by atoms with Crippen molar-refractivity contribution in [1.82, 2.24) is 0 Å². The highest BCUT2D eigenvalue weighted by Crippen LogP contribution is 2.30. The molecule has 14 heavy (non-hydrogen) atoms. The molecule has 1 aromatic carbocycles. The third kappa shape index (κ3) is 2.27. The molecule has 0 fully saturated rings. The van der Waals surface area contributed by atoms with Crippen molar-refractivity contribution in [2.24, 2.45) is 5.73 Å². The molecule has 1 atom stereocenters. The van der Waals surface area contributed by atoms with Crippen LogP contribution in [-0.2, 0) is 5.60 Å². The number of aliphatic hydroxyl groups is 1. The number of hydrogen-bond acceptors (Lipinski definition) is 2. The monoisotopic (exact) mass is 213 g/mol. The lowest BCUT2D eigenvalue weighted by atomic mass is 9.89. The molecule has 0 aliphatic rings. The fourth-order valence-electron chi connectivity index (χ4n) is 1.60. The van der Waals surface area contributed by atoms with Crippen LogP contribution < -0.4 is 5.73 Å². The third-order valence-electron chi connectivity index (χ3n) is 2.38. The molecular formula is C11H16ClNO. The molecule has 0 aromatic heterocycles. The SMILES string of the molecule is CCCC(O)(CN)c1ccccc1Cl. The molecule has 78 valence electrons. The standard InChI is InChI=1S/C11H16ClNO/c1-2-7-11(14,8-13)9-5-3-4-6-10(9)12/h3-6,14H,2,7-8,13H2,1H3. The van der Waals surface area contributed by atoms with E-state index in [2.05, 4.69) is 0 Å². The van der Waals surface area contributed by atoms with Gasteiger partial charge in [-0.25, -0.2) is 0 Å². The summed E-state index contributed by atoms with van der Waals surface area (Å²) in [5.74, 6) is 0. The van der Waals surface area contributed by atoms with Crippen LogP contribution in [0.1, 0.15) is 25.3 Å². The molecule has 2 nitrogen and oxygen atoms in total. The summed E-state index contributed by atoms with van der Waals surface area (Å²) < 4.78 is 0. The maximum absolute atomic E-state index is 10.3. The first-order chi connectivity index (χ1) is 6.64. The molecule has 1 rings (SSSR count). The van der Waals surface area contributed by atoms with E-state index < -0.39 is 5.60 Å². The Morgan fingerprint density at radius 1 is 1.43 bits per heavy atom. The van der Waals surface area contributed by atoms with E-state index in [4.69, 9.17) is 17.3 Å². The van der Waals surface area contributed by atoms with Crippen LogP contribution in [0.3, 0.4) is 0 Å². The number of benzene rings is 1. The molecule has 1 aromatic rings. The average molecular weight is 214 g/mol. The number of nitrogens with two attached hydrogens (primary N) is 1. The zero-order valence-corrected chi connectivity index (χ0v) is 9.09. The average Bonchev–Trinajstić information content (AvgIpc) is 2.18. The van der Waals surface area contributed by atoms with Gasteiger partial charge in [-0.15, -0.1) is 0 Å².